The van der Waals surface area contributed by atoms with Crippen LogP contribution in [-0.4, -0.2) is 12.7 Å². The maximum absolute atomic E-state index is 5.54. The van der Waals surface area contributed by atoms with E-state index in [0.29, 0.717) is 6.10 Å². The van der Waals surface area contributed by atoms with E-state index in [1.54, 1.807) is 0 Å². The molecule has 70 valence electrons. The fourth-order valence-corrected chi connectivity index (χ4v) is 1.96. The normalized spacial score (nSPS) is 27.8. The molecule has 2 rings (SSSR count). The number of hydrogen-bond donors (Lipinski definition) is 0. The minimum Gasteiger partial charge on any atom is -0.378 e. The number of benzene rings is 1. The number of ether oxygens (including phenoxy) is 1. The van der Waals surface area contributed by atoms with Crippen molar-refractivity contribution >= 4 is 0 Å². The van der Waals surface area contributed by atoms with Crippen molar-refractivity contribution in [1.82, 2.24) is 0 Å². The van der Waals surface area contributed by atoms with Crippen LogP contribution in [-0.2, 0) is 11.2 Å². The molecule has 0 N–H and O–H groups in total. The molecular formula is C12H16O. The van der Waals surface area contributed by atoms with E-state index in [1.165, 1.54) is 18.4 Å². The van der Waals surface area contributed by atoms with Gasteiger partial charge >= 0.3 is 0 Å². The SMILES string of the molecule is CC1OCCC1Cc1ccccc1. The van der Waals surface area contributed by atoms with Crippen molar-refractivity contribution in [2.75, 3.05) is 6.61 Å². The van der Waals surface area contributed by atoms with Gasteiger partial charge in [0, 0.05) is 6.61 Å². The highest BCUT2D eigenvalue weighted by molar-refractivity contribution is 5.15. The van der Waals surface area contributed by atoms with Crippen molar-refractivity contribution in [2.24, 2.45) is 5.92 Å². The maximum Gasteiger partial charge on any atom is 0.0579 e. The molecule has 0 bridgehead atoms. The summed E-state index contributed by atoms with van der Waals surface area (Å²) in [5, 5.41) is 0. The molecule has 1 aliphatic heterocycles. The fourth-order valence-electron chi connectivity index (χ4n) is 1.96. The first-order valence-corrected chi connectivity index (χ1v) is 5.02. The molecule has 2 atom stereocenters. The second-order valence-corrected chi connectivity index (χ2v) is 3.81. The summed E-state index contributed by atoms with van der Waals surface area (Å²) < 4.78 is 5.54. The van der Waals surface area contributed by atoms with Crippen LogP contribution in [0.4, 0.5) is 0 Å². The van der Waals surface area contributed by atoms with Crippen LogP contribution in [0.2, 0.25) is 0 Å². The number of hydrogen-bond acceptors (Lipinski definition) is 1. The van der Waals surface area contributed by atoms with Crippen LogP contribution in [0.25, 0.3) is 0 Å². The van der Waals surface area contributed by atoms with Crippen molar-refractivity contribution in [3.05, 3.63) is 35.9 Å². The van der Waals surface area contributed by atoms with E-state index < -0.39 is 0 Å². The molecule has 1 saturated heterocycles. The van der Waals surface area contributed by atoms with Gasteiger partial charge in [-0.3, -0.25) is 0 Å². The predicted octanol–water partition coefficient (Wildman–Crippen LogP) is 2.65. The second-order valence-electron chi connectivity index (χ2n) is 3.81. The molecule has 1 heterocycles. The summed E-state index contributed by atoms with van der Waals surface area (Å²) in [6.45, 7) is 3.12. The summed E-state index contributed by atoms with van der Waals surface area (Å²) in [6, 6.07) is 10.7. The molecule has 0 saturated carbocycles. The van der Waals surface area contributed by atoms with Gasteiger partial charge in [-0.25, -0.2) is 0 Å². The summed E-state index contributed by atoms with van der Waals surface area (Å²) in [7, 11) is 0. The van der Waals surface area contributed by atoms with Gasteiger partial charge in [0.15, 0.2) is 0 Å². The highest BCUT2D eigenvalue weighted by Gasteiger charge is 2.23. The first-order valence-electron chi connectivity index (χ1n) is 5.02. The lowest BCUT2D eigenvalue weighted by molar-refractivity contribution is 0.106. The van der Waals surface area contributed by atoms with E-state index in [4.69, 9.17) is 4.74 Å². The third-order valence-electron chi connectivity index (χ3n) is 2.87. The average molecular weight is 176 g/mol. The van der Waals surface area contributed by atoms with E-state index in [-0.39, 0.29) is 0 Å². The smallest absolute Gasteiger partial charge is 0.0579 e. The maximum atomic E-state index is 5.54. The Hall–Kier alpha value is -0.820. The van der Waals surface area contributed by atoms with Crippen LogP contribution < -0.4 is 0 Å². The molecule has 0 amide bonds. The van der Waals surface area contributed by atoms with Crippen molar-refractivity contribution in [3.8, 4) is 0 Å². The molecule has 1 fully saturated rings. The van der Waals surface area contributed by atoms with Gasteiger partial charge in [-0.1, -0.05) is 30.3 Å². The first-order chi connectivity index (χ1) is 6.36. The van der Waals surface area contributed by atoms with Crippen LogP contribution in [0.15, 0.2) is 30.3 Å². The Bertz CT molecular complexity index is 255. The summed E-state index contributed by atoms with van der Waals surface area (Å²) in [6.07, 6.45) is 2.83. The van der Waals surface area contributed by atoms with Gasteiger partial charge in [0.05, 0.1) is 6.10 Å². The summed E-state index contributed by atoms with van der Waals surface area (Å²) in [5.74, 6) is 0.724. The van der Waals surface area contributed by atoms with E-state index >= 15 is 0 Å². The lowest BCUT2D eigenvalue weighted by atomic mass is 9.94. The molecule has 1 aromatic rings. The van der Waals surface area contributed by atoms with E-state index in [9.17, 15) is 0 Å². The zero-order valence-electron chi connectivity index (χ0n) is 8.07. The van der Waals surface area contributed by atoms with Gasteiger partial charge in [0.25, 0.3) is 0 Å². The second kappa shape index (κ2) is 3.93. The Morgan fingerprint density at radius 1 is 1.31 bits per heavy atom. The monoisotopic (exact) mass is 176 g/mol. The Labute approximate surface area is 79.7 Å². The Morgan fingerprint density at radius 3 is 2.69 bits per heavy atom. The van der Waals surface area contributed by atoms with E-state index in [2.05, 4.69) is 37.3 Å². The van der Waals surface area contributed by atoms with Crippen LogP contribution in [0, 0.1) is 5.92 Å². The van der Waals surface area contributed by atoms with Crippen molar-refractivity contribution in [1.29, 1.82) is 0 Å². The van der Waals surface area contributed by atoms with Gasteiger partial charge in [-0.05, 0) is 31.2 Å². The summed E-state index contributed by atoms with van der Waals surface area (Å²) in [5.41, 5.74) is 1.44. The summed E-state index contributed by atoms with van der Waals surface area (Å²) >= 11 is 0. The molecule has 0 spiro atoms. The van der Waals surface area contributed by atoms with Gasteiger partial charge < -0.3 is 4.74 Å². The lowest BCUT2D eigenvalue weighted by Gasteiger charge is -2.13. The van der Waals surface area contributed by atoms with E-state index in [0.717, 1.165) is 12.5 Å². The molecule has 2 unspecified atom stereocenters. The third kappa shape index (κ3) is 2.10. The first kappa shape index (κ1) is 8.76. The van der Waals surface area contributed by atoms with Crippen molar-refractivity contribution in [2.45, 2.75) is 25.9 Å². The highest BCUT2D eigenvalue weighted by Crippen LogP contribution is 2.24. The predicted molar refractivity (Wildman–Crippen MR) is 53.7 cm³/mol. The van der Waals surface area contributed by atoms with Crippen LogP contribution in [0.5, 0.6) is 0 Å². The quantitative estimate of drug-likeness (QED) is 0.673. The Kier molecular flexibility index (Phi) is 2.65. The van der Waals surface area contributed by atoms with Crippen LogP contribution in [0.1, 0.15) is 18.9 Å². The van der Waals surface area contributed by atoms with Gasteiger partial charge in [0.1, 0.15) is 0 Å². The van der Waals surface area contributed by atoms with Crippen LogP contribution >= 0.6 is 0 Å². The number of rotatable bonds is 2. The van der Waals surface area contributed by atoms with Gasteiger partial charge in [-0.15, -0.1) is 0 Å². The molecule has 1 heteroatoms. The zero-order valence-corrected chi connectivity index (χ0v) is 8.07. The molecule has 0 radical (unpaired) electrons. The minimum atomic E-state index is 0.445. The van der Waals surface area contributed by atoms with Crippen molar-refractivity contribution < 1.29 is 4.74 Å². The standard InChI is InChI=1S/C12H16O/c1-10-12(7-8-13-10)9-11-5-3-2-4-6-11/h2-6,10,12H,7-9H2,1H3. The van der Waals surface area contributed by atoms with Gasteiger partial charge in [-0.2, -0.15) is 0 Å². The highest BCUT2D eigenvalue weighted by atomic mass is 16.5. The molecule has 1 nitrogen and oxygen atoms in total. The average Bonchev–Trinajstić information content (AvgIpc) is 2.54. The largest absolute Gasteiger partial charge is 0.378 e. The topological polar surface area (TPSA) is 9.23 Å². The minimum absolute atomic E-state index is 0.445. The Morgan fingerprint density at radius 2 is 2.08 bits per heavy atom. The lowest BCUT2D eigenvalue weighted by Crippen LogP contribution is -2.13. The van der Waals surface area contributed by atoms with Crippen molar-refractivity contribution in [3.63, 3.8) is 0 Å². The van der Waals surface area contributed by atoms with Gasteiger partial charge in [0.2, 0.25) is 0 Å². The van der Waals surface area contributed by atoms with Crippen LogP contribution in [0.3, 0.4) is 0 Å². The molecule has 13 heavy (non-hydrogen) atoms. The molecular weight excluding hydrogens is 160 g/mol. The molecule has 1 aliphatic rings. The third-order valence-corrected chi connectivity index (χ3v) is 2.87. The molecule has 0 aliphatic carbocycles. The summed E-state index contributed by atoms with van der Waals surface area (Å²) in [4.78, 5) is 0. The fraction of sp³-hybridized carbons (Fsp3) is 0.500. The molecule has 0 aromatic heterocycles. The Balaban J connectivity index is 1.98. The van der Waals surface area contributed by atoms with E-state index in [1.807, 2.05) is 0 Å². The molecule has 1 aromatic carbocycles. The zero-order chi connectivity index (χ0) is 9.10.